The van der Waals surface area contributed by atoms with Crippen molar-refractivity contribution in [3.8, 4) is 34.5 Å². The van der Waals surface area contributed by atoms with E-state index in [0.717, 1.165) is 12.8 Å². The van der Waals surface area contributed by atoms with Gasteiger partial charge in [-0.25, -0.2) is 4.79 Å². The maximum absolute atomic E-state index is 13.9. The fourth-order valence-electron chi connectivity index (χ4n) is 4.80. The molecule has 1 atom stereocenters. The van der Waals surface area contributed by atoms with Gasteiger partial charge in [-0.05, 0) is 30.7 Å². The zero-order chi connectivity index (χ0) is 31.5. The molecule has 13 nitrogen and oxygen atoms in total. The molecule has 0 aromatic heterocycles. The van der Waals surface area contributed by atoms with Gasteiger partial charge in [0.1, 0.15) is 6.61 Å². The molecule has 1 aliphatic rings. The van der Waals surface area contributed by atoms with Crippen molar-refractivity contribution >= 4 is 17.9 Å². The number of nitrogens with zero attached hydrogens (tertiary/aromatic N) is 2. The maximum atomic E-state index is 13.9. The number of piperazine rings is 1. The maximum Gasteiger partial charge on any atom is 0.407 e. The van der Waals surface area contributed by atoms with Crippen molar-refractivity contribution in [2.75, 3.05) is 75.4 Å². The SMILES string of the molecule is CCCCNC(=O)OCC1CN(C(=O)c2cc(OC)c(OC)c(OC)c2)CCN1C(=O)c1cc(OC)c(OC)c(OC)c1. The third-order valence-electron chi connectivity index (χ3n) is 7.06. The van der Waals surface area contributed by atoms with Crippen LogP contribution in [0.5, 0.6) is 34.5 Å². The Hall–Kier alpha value is -4.55. The van der Waals surface area contributed by atoms with Gasteiger partial charge in [0.15, 0.2) is 23.0 Å². The summed E-state index contributed by atoms with van der Waals surface area (Å²) in [5.41, 5.74) is 0.604. The highest BCUT2D eigenvalue weighted by Crippen LogP contribution is 2.40. The Morgan fingerprint density at radius 2 is 1.23 bits per heavy atom. The lowest BCUT2D eigenvalue weighted by Crippen LogP contribution is -2.58. The van der Waals surface area contributed by atoms with E-state index in [0.29, 0.717) is 46.6 Å². The van der Waals surface area contributed by atoms with Crippen molar-refractivity contribution in [3.05, 3.63) is 35.4 Å². The van der Waals surface area contributed by atoms with Gasteiger partial charge in [0, 0.05) is 37.3 Å². The molecule has 236 valence electrons. The number of hydrogen-bond acceptors (Lipinski definition) is 10. The van der Waals surface area contributed by atoms with Gasteiger partial charge in [0.05, 0.1) is 48.7 Å². The third-order valence-corrected chi connectivity index (χ3v) is 7.06. The number of hydrogen-bond donors (Lipinski definition) is 1. The van der Waals surface area contributed by atoms with E-state index in [1.807, 2.05) is 6.92 Å². The second-order valence-corrected chi connectivity index (χ2v) is 9.61. The van der Waals surface area contributed by atoms with Crippen molar-refractivity contribution in [2.45, 2.75) is 25.8 Å². The number of carbonyl (C=O) groups excluding carboxylic acids is 3. The molecule has 0 radical (unpaired) electrons. The van der Waals surface area contributed by atoms with Crippen LogP contribution in [0.1, 0.15) is 40.5 Å². The van der Waals surface area contributed by atoms with E-state index in [4.69, 9.17) is 33.2 Å². The third kappa shape index (κ3) is 7.65. The van der Waals surface area contributed by atoms with Crippen LogP contribution in [-0.2, 0) is 4.74 Å². The van der Waals surface area contributed by atoms with E-state index in [1.54, 1.807) is 34.1 Å². The molecule has 1 N–H and O–H groups in total. The van der Waals surface area contributed by atoms with E-state index in [1.165, 1.54) is 42.7 Å². The average molecular weight is 604 g/mol. The van der Waals surface area contributed by atoms with Crippen LogP contribution in [-0.4, -0.2) is 109 Å². The normalized spacial score (nSPS) is 14.4. The molecule has 1 aliphatic heterocycles. The Balaban J connectivity index is 1.91. The fraction of sp³-hybridized carbons (Fsp3) is 0.500. The Morgan fingerprint density at radius 1 is 0.744 bits per heavy atom. The lowest BCUT2D eigenvalue weighted by molar-refractivity contribution is 0.0228. The average Bonchev–Trinajstić information content (AvgIpc) is 3.04. The zero-order valence-corrected chi connectivity index (χ0v) is 25.8. The molecule has 3 rings (SSSR count). The Labute approximate surface area is 251 Å². The number of methoxy groups -OCH3 is 6. The van der Waals surface area contributed by atoms with Crippen LogP contribution in [0.25, 0.3) is 0 Å². The smallest absolute Gasteiger partial charge is 0.407 e. The number of rotatable bonds is 13. The predicted octanol–water partition coefficient (Wildman–Crippen LogP) is 3.23. The highest BCUT2D eigenvalue weighted by molar-refractivity contribution is 5.97. The van der Waals surface area contributed by atoms with Gasteiger partial charge in [-0.15, -0.1) is 0 Å². The minimum atomic E-state index is -0.650. The van der Waals surface area contributed by atoms with E-state index in [9.17, 15) is 14.4 Å². The second kappa shape index (κ2) is 15.6. The Bertz CT molecular complexity index is 1230. The van der Waals surface area contributed by atoms with Crippen LogP contribution in [0.3, 0.4) is 0 Å². The van der Waals surface area contributed by atoms with Crippen LogP contribution in [0.4, 0.5) is 4.79 Å². The summed E-state index contributed by atoms with van der Waals surface area (Å²) in [7, 11) is 8.83. The molecule has 0 aliphatic carbocycles. The summed E-state index contributed by atoms with van der Waals surface area (Å²) in [6.07, 6.45) is 1.13. The molecule has 1 saturated heterocycles. The van der Waals surface area contributed by atoms with Crippen molar-refractivity contribution < 1.29 is 47.5 Å². The largest absolute Gasteiger partial charge is 0.493 e. The quantitative estimate of drug-likeness (QED) is 0.340. The first-order valence-corrected chi connectivity index (χ1v) is 13.9. The lowest BCUT2D eigenvalue weighted by Gasteiger charge is -2.41. The van der Waals surface area contributed by atoms with Crippen LogP contribution in [0.15, 0.2) is 24.3 Å². The Kier molecular flexibility index (Phi) is 12.0. The van der Waals surface area contributed by atoms with E-state index < -0.39 is 12.1 Å². The fourth-order valence-corrected chi connectivity index (χ4v) is 4.80. The monoisotopic (exact) mass is 603 g/mol. The first kappa shape index (κ1) is 33.0. The molecule has 0 saturated carbocycles. The molecule has 2 aromatic carbocycles. The molecule has 1 unspecified atom stereocenters. The van der Waals surface area contributed by atoms with Crippen molar-refractivity contribution in [1.29, 1.82) is 0 Å². The number of ether oxygens (including phenoxy) is 7. The molecule has 3 amide bonds. The van der Waals surface area contributed by atoms with Crippen LogP contribution in [0.2, 0.25) is 0 Å². The molecule has 43 heavy (non-hydrogen) atoms. The van der Waals surface area contributed by atoms with Gasteiger partial charge in [-0.1, -0.05) is 13.3 Å². The minimum Gasteiger partial charge on any atom is -0.493 e. The van der Waals surface area contributed by atoms with Gasteiger partial charge >= 0.3 is 6.09 Å². The molecular weight excluding hydrogens is 562 g/mol. The number of alkyl carbamates (subject to hydrolysis) is 1. The van der Waals surface area contributed by atoms with Gasteiger partial charge in [-0.2, -0.15) is 0 Å². The number of amides is 3. The van der Waals surface area contributed by atoms with Gasteiger partial charge in [0.25, 0.3) is 11.8 Å². The van der Waals surface area contributed by atoms with E-state index >= 15 is 0 Å². The topological polar surface area (TPSA) is 134 Å². The summed E-state index contributed by atoms with van der Waals surface area (Å²) >= 11 is 0. The summed E-state index contributed by atoms with van der Waals surface area (Å²) in [6.45, 7) is 2.87. The standard InChI is InChI=1S/C30H41N3O10/c1-8-9-10-31-30(36)43-18-21-17-32(28(34)19-13-22(37-2)26(41-6)23(14-19)38-3)11-12-33(21)29(35)20-15-24(39-4)27(42-7)25(16-20)40-5/h13-16,21H,8-12,17-18H2,1-7H3,(H,31,36). The summed E-state index contributed by atoms with van der Waals surface area (Å²) in [5.74, 6) is 1.38. The lowest BCUT2D eigenvalue weighted by atomic mass is 10.1. The molecule has 0 spiro atoms. The van der Waals surface area contributed by atoms with Crippen LogP contribution < -0.4 is 33.7 Å². The van der Waals surface area contributed by atoms with Gasteiger partial charge < -0.3 is 48.3 Å². The molecule has 1 fully saturated rings. The summed E-state index contributed by atoms with van der Waals surface area (Å²) < 4.78 is 37.9. The number of carbonyl (C=O) groups is 3. The number of benzene rings is 2. The highest BCUT2D eigenvalue weighted by atomic mass is 16.6. The summed E-state index contributed by atoms with van der Waals surface area (Å²) in [4.78, 5) is 43.1. The van der Waals surface area contributed by atoms with Crippen LogP contribution >= 0.6 is 0 Å². The van der Waals surface area contributed by atoms with E-state index in [-0.39, 0.29) is 43.6 Å². The zero-order valence-electron chi connectivity index (χ0n) is 25.8. The Morgan fingerprint density at radius 3 is 1.67 bits per heavy atom. The van der Waals surface area contributed by atoms with Gasteiger partial charge in [-0.3, -0.25) is 9.59 Å². The number of nitrogens with one attached hydrogen (secondary N) is 1. The predicted molar refractivity (Wildman–Crippen MR) is 157 cm³/mol. The minimum absolute atomic E-state index is 0.105. The van der Waals surface area contributed by atoms with Crippen LogP contribution in [0, 0.1) is 0 Å². The van der Waals surface area contributed by atoms with Gasteiger partial charge in [0.2, 0.25) is 11.5 Å². The van der Waals surface area contributed by atoms with Crippen molar-refractivity contribution in [3.63, 3.8) is 0 Å². The second-order valence-electron chi connectivity index (χ2n) is 9.61. The molecule has 0 bridgehead atoms. The highest BCUT2D eigenvalue weighted by Gasteiger charge is 2.35. The van der Waals surface area contributed by atoms with Crippen molar-refractivity contribution in [1.82, 2.24) is 15.1 Å². The molecule has 2 aromatic rings. The summed E-state index contributed by atoms with van der Waals surface area (Å²) in [5, 5.41) is 2.71. The van der Waals surface area contributed by atoms with Crippen molar-refractivity contribution in [2.24, 2.45) is 0 Å². The van der Waals surface area contributed by atoms with E-state index in [2.05, 4.69) is 5.32 Å². The molecule has 13 heteroatoms. The molecule has 1 heterocycles. The first-order valence-electron chi connectivity index (χ1n) is 13.9. The summed E-state index contributed by atoms with van der Waals surface area (Å²) in [6, 6.07) is 5.62. The number of unbranched alkanes of at least 4 members (excludes halogenated alkanes) is 1. The molecular formula is C30H41N3O10. The first-order chi connectivity index (χ1) is 20.8.